The van der Waals surface area contributed by atoms with Crippen LogP contribution in [0.5, 0.6) is 0 Å². The van der Waals surface area contributed by atoms with E-state index < -0.39 is 0 Å². The summed E-state index contributed by atoms with van der Waals surface area (Å²) in [6, 6.07) is 7.61. The largest absolute Gasteiger partial charge is 0.461 e. The lowest BCUT2D eigenvalue weighted by Gasteiger charge is -1.89. The molecular weight excluding hydrogens is 252 g/mol. The van der Waals surface area contributed by atoms with E-state index in [0.29, 0.717) is 0 Å². The standard InChI is InChI=1S/C9H9NO.C2H6.CH3Cl.CH3NO/c1-6-4-7-5-8(10)2-3-9(7)11-6;2*1-2;2-1-3/h2-5H,10H2,1H3;1-2H3;1H3;1H,(H2,2,3). The summed E-state index contributed by atoms with van der Waals surface area (Å²) >= 11 is 4.64. The molecule has 4 N–H and O–H groups in total. The number of nitrogens with two attached hydrogens (primary N) is 2. The van der Waals surface area contributed by atoms with Crippen LogP contribution in [0.25, 0.3) is 11.0 Å². The van der Waals surface area contributed by atoms with E-state index in [1.54, 1.807) is 0 Å². The SMILES string of the molecule is CC.CCl.Cc1cc2cc(N)ccc2o1.NC=O. The molecule has 0 aliphatic carbocycles. The van der Waals surface area contributed by atoms with E-state index in [1.165, 1.54) is 6.38 Å². The number of benzene rings is 1. The van der Waals surface area contributed by atoms with Gasteiger partial charge < -0.3 is 15.9 Å². The Kier molecular flexibility index (Phi) is 12.2. The smallest absolute Gasteiger partial charge is 0.204 e. The quantitative estimate of drug-likeness (QED) is 0.438. The molecule has 102 valence electrons. The number of carbonyl (C=O) groups is 1. The molecule has 1 aromatic carbocycles. The molecule has 0 spiro atoms. The molecule has 4 nitrogen and oxygen atoms in total. The third kappa shape index (κ3) is 6.81. The van der Waals surface area contributed by atoms with Gasteiger partial charge >= 0.3 is 0 Å². The molecule has 0 fully saturated rings. The maximum Gasteiger partial charge on any atom is 0.204 e. The van der Waals surface area contributed by atoms with Gasteiger partial charge in [0.1, 0.15) is 11.3 Å². The molecule has 0 atom stereocenters. The van der Waals surface area contributed by atoms with Gasteiger partial charge in [0.2, 0.25) is 6.41 Å². The number of fused-ring (bicyclic) bond motifs is 1. The van der Waals surface area contributed by atoms with Crippen molar-refractivity contribution < 1.29 is 9.21 Å². The van der Waals surface area contributed by atoms with Crippen molar-refractivity contribution in [3.63, 3.8) is 0 Å². The predicted molar refractivity (Wildman–Crippen MR) is 78.7 cm³/mol. The number of alkyl halides is 1. The summed E-state index contributed by atoms with van der Waals surface area (Å²) in [5.74, 6) is 0.922. The van der Waals surface area contributed by atoms with Gasteiger partial charge in [-0.2, -0.15) is 0 Å². The monoisotopic (exact) mass is 272 g/mol. The molecule has 2 aromatic rings. The predicted octanol–water partition coefficient (Wildman–Crippen LogP) is 3.31. The van der Waals surface area contributed by atoms with Crippen LogP contribution < -0.4 is 11.5 Å². The highest BCUT2D eigenvalue weighted by Gasteiger charge is 1.98. The van der Waals surface area contributed by atoms with E-state index in [2.05, 4.69) is 17.3 Å². The van der Waals surface area contributed by atoms with Crippen LogP contribution in [0, 0.1) is 6.92 Å². The maximum atomic E-state index is 8.58. The van der Waals surface area contributed by atoms with Crippen LogP contribution in [-0.2, 0) is 4.79 Å². The van der Waals surface area contributed by atoms with Crippen molar-refractivity contribution in [2.24, 2.45) is 5.73 Å². The summed E-state index contributed by atoms with van der Waals surface area (Å²) in [6.07, 6.45) is 1.72. The highest BCUT2D eigenvalue weighted by atomic mass is 35.5. The van der Waals surface area contributed by atoms with Gasteiger partial charge in [-0.25, -0.2) is 0 Å². The Bertz CT molecular complexity index is 441. The lowest BCUT2D eigenvalue weighted by molar-refractivity contribution is -0.106. The summed E-state index contributed by atoms with van der Waals surface area (Å²) in [5, 5.41) is 1.07. The van der Waals surface area contributed by atoms with Crippen molar-refractivity contribution in [3.05, 3.63) is 30.0 Å². The van der Waals surface area contributed by atoms with Crippen LogP contribution in [0.15, 0.2) is 28.7 Å². The van der Waals surface area contributed by atoms with E-state index in [4.69, 9.17) is 14.9 Å². The van der Waals surface area contributed by atoms with Gasteiger partial charge in [-0.1, -0.05) is 13.8 Å². The molecule has 1 aromatic heterocycles. The Balaban J connectivity index is 0. The van der Waals surface area contributed by atoms with Gasteiger partial charge in [0.15, 0.2) is 0 Å². The minimum atomic E-state index is 0.250. The second-order valence-corrected chi connectivity index (χ2v) is 2.79. The Morgan fingerprint density at radius 1 is 1.22 bits per heavy atom. The number of rotatable bonds is 0. The average molecular weight is 273 g/mol. The van der Waals surface area contributed by atoms with Gasteiger partial charge in [0.05, 0.1) is 0 Å². The van der Waals surface area contributed by atoms with Crippen LogP contribution in [0.2, 0.25) is 0 Å². The van der Waals surface area contributed by atoms with E-state index >= 15 is 0 Å². The number of amides is 1. The van der Waals surface area contributed by atoms with E-state index in [0.717, 1.165) is 22.4 Å². The number of anilines is 1. The zero-order valence-corrected chi connectivity index (χ0v) is 12.0. The average Bonchev–Trinajstić information content (AvgIpc) is 2.74. The fraction of sp³-hybridized carbons (Fsp3) is 0.308. The van der Waals surface area contributed by atoms with E-state index in [-0.39, 0.29) is 6.41 Å². The third-order valence-corrected chi connectivity index (χ3v) is 1.66. The van der Waals surface area contributed by atoms with Crippen LogP contribution in [0.4, 0.5) is 5.69 Å². The summed E-state index contributed by atoms with van der Waals surface area (Å²) in [4.78, 5) is 8.58. The second-order valence-electron chi connectivity index (χ2n) is 2.79. The zero-order chi connectivity index (χ0) is 14.6. The molecule has 0 aliphatic heterocycles. The number of aryl methyl sites for hydroxylation is 1. The lowest BCUT2D eigenvalue weighted by atomic mass is 10.2. The molecule has 0 unspecified atom stereocenters. The fourth-order valence-electron chi connectivity index (χ4n) is 1.19. The zero-order valence-electron chi connectivity index (χ0n) is 11.2. The second kappa shape index (κ2) is 11.8. The summed E-state index contributed by atoms with van der Waals surface area (Å²) in [5.41, 5.74) is 11.4. The number of primary amides is 1. The number of carbonyl (C=O) groups excluding carboxylic acids is 1. The first-order chi connectivity index (χ1) is 8.67. The Labute approximate surface area is 113 Å². The molecule has 2 rings (SSSR count). The molecule has 0 radical (unpaired) electrons. The van der Waals surface area contributed by atoms with Gasteiger partial charge in [0.25, 0.3) is 0 Å². The van der Waals surface area contributed by atoms with Crippen molar-refractivity contribution >= 4 is 34.7 Å². The van der Waals surface area contributed by atoms with Gasteiger partial charge in [-0.05, 0) is 31.2 Å². The van der Waals surface area contributed by atoms with Crippen LogP contribution in [-0.4, -0.2) is 12.8 Å². The minimum absolute atomic E-state index is 0.250. The Morgan fingerprint density at radius 3 is 2.22 bits per heavy atom. The first kappa shape index (κ1) is 18.7. The molecule has 5 heteroatoms. The van der Waals surface area contributed by atoms with Crippen molar-refractivity contribution in [2.75, 3.05) is 12.1 Å². The number of hydrogen-bond donors (Lipinski definition) is 2. The summed E-state index contributed by atoms with van der Waals surface area (Å²) < 4.78 is 5.37. The molecule has 0 saturated heterocycles. The third-order valence-electron chi connectivity index (χ3n) is 1.66. The molecular formula is C13H21ClN2O2. The maximum absolute atomic E-state index is 8.58. The van der Waals surface area contributed by atoms with E-state index in [9.17, 15) is 0 Å². The highest BCUT2D eigenvalue weighted by Crippen LogP contribution is 2.20. The number of furan rings is 1. The molecule has 18 heavy (non-hydrogen) atoms. The fourth-order valence-corrected chi connectivity index (χ4v) is 1.19. The highest BCUT2D eigenvalue weighted by molar-refractivity contribution is 6.15. The lowest BCUT2D eigenvalue weighted by Crippen LogP contribution is -1.82. The van der Waals surface area contributed by atoms with Gasteiger partial charge in [0, 0.05) is 17.5 Å². The Hall–Kier alpha value is -1.68. The Morgan fingerprint density at radius 2 is 1.72 bits per heavy atom. The van der Waals surface area contributed by atoms with Crippen molar-refractivity contribution in [1.29, 1.82) is 0 Å². The van der Waals surface area contributed by atoms with Crippen molar-refractivity contribution in [2.45, 2.75) is 20.8 Å². The molecule has 1 amide bonds. The van der Waals surface area contributed by atoms with Crippen LogP contribution in [0.3, 0.4) is 0 Å². The normalized spacial score (nSPS) is 7.83. The van der Waals surface area contributed by atoms with Gasteiger partial charge in [-0.3, -0.25) is 4.79 Å². The van der Waals surface area contributed by atoms with Crippen molar-refractivity contribution in [1.82, 2.24) is 0 Å². The summed E-state index contributed by atoms with van der Waals surface area (Å²) in [6.45, 7) is 5.93. The van der Waals surface area contributed by atoms with Crippen molar-refractivity contribution in [3.8, 4) is 0 Å². The molecule has 1 heterocycles. The van der Waals surface area contributed by atoms with Crippen LogP contribution >= 0.6 is 11.6 Å². The first-order valence-electron chi connectivity index (χ1n) is 5.46. The molecule has 0 bridgehead atoms. The topological polar surface area (TPSA) is 82.2 Å². The first-order valence-corrected chi connectivity index (χ1v) is 6.22. The number of nitrogen functional groups attached to an aromatic ring is 1. The van der Waals surface area contributed by atoms with Gasteiger partial charge in [-0.15, -0.1) is 11.6 Å². The van der Waals surface area contributed by atoms with E-state index in [1.807, 2.05) is 45.0 Å². The number of halogens is 1. The van der Waals surface area contributed by atoms with Crippen LogP contribution in [0.1, 0.15) is 19.6 Å². The summed E-state index contributed by atoms with van der Waals surface area (Å²) in [7, 11) is 0. The minimum Gasteiger partial charge on any atom is -0.461 e. The number of hydrogen-bond acceptors (Lipinski definition) is 3. The molecule has 0 saturated carbocycles. The molecule has 0 aliphatic rings.